The molecule has 10 heteroatoms. The first kappa shape index (κ1) is 27.6. The van der Waals surface area contributed by atoms with E-state index in [1.807, 2.05) is 12.1 Å². The first-order valence-electron chi connectivity index (χ1n) is 12.3. The van der Waals surface area contributed by atoms with Gasteiger partial charge in [-0.2, -0.15) is 5.10 Å². The van der Waals surface area contributed by atoms with Gasteiger partial charge in [-0.25, -0.2) is 9.82 Å². The normalized spacial score (nSPS) is 14.5. The van der Waals surface area contributed by atoms with Crippen molar-refractivity contribution in [3.05, 3.63) is 99.3 Å². The highest BCUT2D eigenvalue weighted by atomic mass is 79.9. The van der Waals surface area contributed by atoms with Crippen LogP contribution in [0.2, 0.25) is 0 Å². The Kier molecular flexibility index (Phi) is 9.72. The maximum absolute atomic E-state index is 13.3. The Morgan fingerprint density at radius 1 is 0.974 bits per heavy atom. The number of nitrogens with zero attached hydrogens (tertiary/aromatic N) is 3. The maximum Gasteiger partial charge on any atom is 0.273 e. The van der Waals surface area contributed by atoms with Gasteiger partial charge in [0.15, 0.2) is 0 Å². The number of aliphatic hydroxyl groups is 1. The number of hydrogen-bond acceptors (Lipinski definition) is 6. The molecule has 1 aliphatic heterocycles. The number of halogens is 2. The first-order valence-corrected chi connectivity index (χ1v) is 13.0. The van der Waals surface area contributed by atoms with E-state index in [2.05, 4.69) is 41.6 Å². The van der Waals surface area contributed by atoms with E-state index in [1.54, 1.807) is 42.5 Å². The standard InChI is InChI=1S/C28H29BrFN5O3/c29-23-8-9-26(25(17-23)28(38)33-31-18-21-2-1-3-24(30)16-21)32-27(37)22-6-4-20(5-7-22)19-35-12-10-34(11-13-35)14-15-36/h1-9,16-18,36H,10-15,19H2,(H,32,37)(H,33,38). The summed E-state index contributed by atoms with van der Waals surface area (Å²) in [6, 6.07) is 18.2. The average molecular weight is 582 g/mol. The second kappa shape index (κ2) is 13.4. The summed E-state index contributed by atoms with van der Waals surface area (Å²) in [4.78, 5) is 30.3. The number of β-amino-alcohol motifs (C(OH)–C–C–N with tert-alkyl or cyclic N) is 1. The molecule has 198 valence electrons. The van der Waals surface area contributed by atoms with Crippen molar-refractivity contribution in [3.8, 4) is 0 Å². The monoisotopic (exact) mass is 581 g/mol. The van der Waals surface area contributed by atoms with Crippen LogP contribution in [0.15, 0.2) is 76.3 Å². The lowest BCUT2D eigenvalue weighted by molar-refractivity contribution is 0.0956. The highest BCUT2D eigenvalue weighted by Gasteiger charge is 2.18. The summed E-state index contributed by atoms with van der Waals surface area (Å²) in [6.45, 7) is 5.41. The first-order chi connectivity index (χ1) is 18.4. The van der Waals surface area contributed by atoms with E-state index in [0.717, 1.165) is 38.3 Å². The fourth-order valence-electron chi connectivity index (χ4n) is 4.15. The molecular formula is C28H29BrFN5O3. The molecule has 38 heavy (non-hydrogen) atoms. The number of carbonyl (C=O) groups excluding carboxylic acids is 2. The van der Waals surface area contributed by atoms with E-state index in [1.165, 1.54) is 18.3 Å². The average Bonchev–Trinajstić information content (AvgIpc) is 2.91. The number of nitrogens with one attached hydrogen (secondary N) is 2. The van der Waals surface area contributed by atoms with Crippen molar-refractivity contribution in [2.24, 2.45) is 5.10 Å². The largest absolute Gasteiger partial charge is 0.395 e. The Morgan fingerprint density at radius 2 is 1.71 bits per heavy atom. The zero-order valence-electron chi connectivity index (χ0n) is 20.7. The van der Waals surface area contributed by atoms with E-state index in [9.17, 15) is 14.0 Å². The quantitative estimate of drug-likeness (QED) is 0.264. The molecule has 0 saturated carbocycles. The molecule has 0 atom stereocenters. The van der Waals surface area contributed by atoms with Crippen molar-refractivity contribution in [1.29, 1.82) is 0 Å². The fourth-order valence-corrected chi connectivity index (χ4v) is 4.51. The molecule has 4 rings (SSSR count). The van der Waals surface area contributed by atoms with E-state index in [-0.39, 0.29) is 18.1 Å². The van der Waals surface area contributed by atoms with Gasteiger partial charge in [-0.15, -0.1) is 0 Å². The van der Waals surface area contributed by atoms with Crippen LogP contribution >= 0.6 is 15.9 Å². The van der Waals surface area contributed by atoms with E-state index in [0.29, 0.717) is 27.8 Å². The van der Waals surface area contributed by atoms with Crippen molar-refractivity contribution >= 4 is 39.6 Å². The topological polar surface area (TPSA) is 97.3 Å². The molecule has 0 unspecified atom stereocenters. The van der Waals surface area contributed by atoms with Gasteiger partial charge >= 0.3 is 0 Å². The molecule has 3 aromatic rings. The number of hydrogen-bond donors (Lipinski definition) is 3. The van der Waals surface area contributed by atoms with Crippen LogP contribution in [-0.2, 0) is 6.54 Å². The van der Waals surface area contributed by atoms with Crippen molar-refractivity contribution < 1.29 is 19.1 Å². The predicted octanol–water partition coefficient (Wildman–Crippen LogP) is 3.71. The number of rotatable bonds is 9. The summed E-state index contributed by atoms with van der Waals surface area (Å²) < 4.78 is 14.0. The van der Waals surface area contributed by atoms with Crippen LogP contribution in [0.3, 0.4) is 0 Å². The number of benzene rings is 3. The van der Waals surface area contributed by atoms with Crippen LogP contribution in [0.25, 0.3) is 0 Å². The van der Waals surface area contributed by atoms with Gasteiger partial charge < -0.3 is 10.4 Å². The van der Waals surface area contributed by atoms with Crippen LogP contribution in [0.4, 0.5) is 10.1 Å². The highest BCUT2D eigenvalue weighted by molar-refractivity contribution is 9.10. The van der Waals surface area contributed by atoms with Crippen LogP contribution < -0.4 is 10.7 Å². The van der Waals surface area contributed by atoms with Crippen molar-refractivity contribution in [2.75, 3.05) is 44.6 Å². The number of carbonyl (C=O) groups is 2. The number of hydrazone groups is 1. The Hall–Kier alpha value is -3.44. The van der Waals surface area contributed by atoms with Crippen molar-refractivity contribution in [2.45, 2.75) is 6.54 Å². The lowest BCUT2D eigenvalue weighted by Gasteiger charge is -2.34. The van der Waals surface area contributed by atoms with E-state index in [4.69, 9.17) is 5.11 Å². The number of amides is 2. The lowest BCUT2D eigenvalue weighted by Crippen LogP contribution is -2.46. The molecular weight excluding hydrogens is 553 g/mol. The summed E-state index contributed by atoms with van der Waals surface area (Å²) in [6.07, 6.45) is 1.34. The molecule has 3 aromatic carbocycles. The minimum Gasteiger partial charge on any atom is -0.395 e. The second-order valence-corrected chi connectivity index (χ2v) is 9.85. The van der Waals surface area contributed by atoms with Gasteiger partial charge in [0.1, 0.15) is 5.82 Å². The molecule has 0 radical (unpaired) electrons. The zero-order valence-corrected chi connectivity index (χ0v) is 22.3. The Balaban J connectivity index is 1.36. The lowest BCUT2D eigenvalue weighted by atomic mass is 10.1. The fraction of sp³-hybridized carbons (Fsp3) is 0.250. The van der Waals surface area contributed by atoms with Gasteiger partial charge in [0.2, 0.25) is 0 Å². The number of aliphatic hydroxyl groups excluding tert-OH is 1. The molecule has 0 aliphatic carbocycles. The van der Waals surface area contributed by atoms with E-state index >= 15 is 0 Å². The van der Waals surface area contributed by atoms with Gasteiger partial charge in [-0.3, -0.25) is 19.4 Å². The maximum atomic E-state index is 13.3. The summed E-state index contributed by atoms with van der Waals surface area (Å²) >= 11 is 3.36. The number of anilines is 1. The minimum atomic E-state index is -0.524. The Morgan fingerprint density at radius 3 is 2.42 bits per heavy atom. The molecule has 0 spiro atoms. The van der Waals surface area contributed by atoms with E-state index < -0.39 is 11.7 Å². The third-order valence-corrected chi connectivity index (χ3v) is 6.70. The Labute approximate surface area is 229 Å². The predicted molar refractivity (Wildman–Crippen MR) is 149 cm³/mol. The molecule has 0 bridgehead atoms. The number of piperazine rings is 1. The van der Waals surface area contributed by atoms with Crippen molar-refractivity contribution in [3.63, 3.8) is 0 Å². The summed E-state index contributed by atoms with van der Waals surface area (Å²) in [5.74, 6) is -1.26. The van der Waals surface area contributed by atoms with Crippen LogP contribution in [0.5, 0.6) is 0 Å². The summed E-state index contributed by atoms with van der Waals surface area (Å²) in [5.41, 5.74) is 5.06. The van der Waals surface area contributed by atoms with Crippen LogP contribution in [-0.4, -0.2) is 72.3 Å². The molecule has 8 nitrogen and oxygen atoms in total. The molecule has 2 amide bonds. The van der Waals surface area contributed by atoms with Gasteiger partial charge in [0, 0.05) is 49.3 Å². The third kappa shape index (κ3) is 7.78. The van der Waals surface area contributed by atoms with Gasteiger partial charge in [0.05, 0.1) is 24.1 Å². The molecule has 1 saturated heterocycles. The third-order valence-electron chi connectivity index (χ3n) is 6.21. The van der Waals surface area contributed by atoms with Gasteiger partial charge in [0.25, 0.3) is 11.8 Å². The van der Waals surface area contributed by atoms with Gasteiger partial charge in [-0.05, 0) is 53.6 Å². The molecule has 3 N–H and O–H groups in total. The molecule has 1 fully saturated rings. The van der Waals surface area contributed by atoms with Gasteiger partial charge in [-0.1, -0.05) is 40.2 Å². The van der Waals surface area contributed by atoms with Crippen LogP contribution in [0.1, 0.15) is 31.8 Å². The summed E-state index contributed by atoms with van der Waals surface area (Å²) in [5, 5.41) is 15.8. The molecule has 0 aromatic heterocycles. The zero-order chi connectivity index (χ0) is 26.9. The highest BCUT2D eigenvalue weighted by Crippen LogP contribution is 2.22. The molecule has 1 aliphatic rings. The summed E-state index contributed by atoms with van der Waals surface area (Å²) in [7, 11) is 0. The minimum absolute atomic E-state index is 0.181. The molecule has 1 heterocycles. The van der Waals surface area contributed by atoms with Crippen molar-refractivity contribution in [1.82, 2.24) is 15.2 Å². The second-order valence-electron chi connectivity index (χ2n) is 8.94. The SMILES string of the molecule is O=C(Nc1ccc(Br)cc1C(=O)NN=Cc1cccc(F)c1)c1ccc(CN2CCN(CCO)CC2)cc1. The Bertz CT molecular complexity index is 1290. The smallest absolute Gasteiger partial charge is 0.273 e. The van der Waals surface area contributed by atoms with Crippen LogP contribution in [0, 0.1) is 5.82 Å².